The Morgan fingerprint density at radius 1 is 1.29 bits per heavy atom. The van der Waals surface area contributed by atoms with Crippen LogP contribution in [0.25, 0.3) is 0 Å². The molecule has 0 radical (unpaired) electrons. The summed E-state index contributed by atoms with van der Waals surface area (Å²) in [5, 5.41) is 19.8. The fourth-order valence-electron chi connectivity index (χ4n) is 0.977. The molecule has 0 bridgehead atoms. The van der Waals surface area contributed by atoms with Gasteiger partial charge in [-0.3, -0.25) is 0 Å². The van der Waals surface area contributed by atoms with Gasteiger partial charge in [0.15, 0.2) is 0 Å². The van der Waals surface area contributed by atoms with Gasteiger partial charge >= 0.3 is 0 Å². The van der Waals surface area contributed by atoms with Crippen molar-refractivity contribution in [2.45, 2.75) is 33.2 Å². The van der Waals surface area contributed by atoms with E-state index in [0.29, 0.717) is 5.95 Å². The van der Waals surface area contributed by atoms with Gasteiger partial charge in [0.25, 0.3) is 0 Å². The number of nitrogens with zero attached hydrogens (tertiary/aromatic N) is 3. The molecule has 0 aliphatic carbocycles. The number of anilines is 1. The highest BCUT2D eigenvalue weighted by Crippen LogP contribution is 2.04. The van der Waals surface area contributed by atoms with Crippen molar-refractivity contribution < 1.29 is 5.11 Å². The van der Waals surface area contributed by atoms with E-state index in [1.807, 2.05) is 20.8 Å². The van der Waals surface area contributed by atoms with Crippen molar-refractivity contribution in [3.05, 3.63) is 11.4 Å². The van der Waals surface area contributed by atoms with Crippen molar-refractivity contribution in [2.24, 2.45) is 0 Å². The zero-order chi connectivity index (χ0) is 10.6. The Balaban J connectivity index is 2.72. The molecule has 0 amide bonds. The number of aromatic nitrogens is 3. The minimum atomic E-state index is -0.00101. The Kier molecular flexibility index (Phi) is 3.76. The van der Waals surface area contributed by atoms with E-state index in [1.54, 1.807) is 0 Å². The molecule has 1 rings (SSSR count). The van der Waals surface area contributed by atoms with Gasteiger partial charge in [-0.2, -0.15) is 5.10 Å². The number of aliphatic hydroxyl groups excluding tert-OH is 1. The summed E-state index contributed by atoms with van der Waals surface area (Å²) in [6, 6.07) is -0.00101. The monoisotopic (exact) mass is 196 g/mol. The van der Waals surface area contributed by atoms with Gasteiger partial charge in [-0.1, -0.05) is 6.92 Å². The maximum Gasteiger partial charge on any atom is 0.243 e. The molecule has 1 unspecified atom stereocenters. The van der Waals surface area contributed by atoms with Gasteiger partial charge in [0.05, 0.1) is 24.0 Å². The fraction of sp³-hybridized carbons (Fsp3) is 0.667. The lowest BCUT2D eigenvalue weighted by Crippen LogP contribution is -2.24. The van der Waals surface area contributed by atoms with Crippen molar-refractivity contribution >= 4 is 5.95 Å². The highest BCUT2D eigenvalue weighted by molar-refractivity contribution is 5.26. The van der Waals surface area contributed by atoms with Crippen LogP contribution in [0.3, 0.4) is 0 Å². The first-order valence-corrected chi connectivity index (χ1v) is 4.72. The second-order valence-corrected chi connectivity index (χ2v) is 3.24. The molecule has 0 saturated carbocycles. The van der Waals surface area contributed by atoms with Crippen molar-refractivity contribution in [2.75, 3.05) is 11.9 Å². The third-order valence-electron chi connectivity index (χ3n) is 2.14. The smallest absolute Gasteiger partial charge is 0.243 e. The molecular weight excluding hydrogens is 180 g/mol. The summed E-state index contributed by atoms with van der Waals surface area (Å²) in [7, 11) is 0. The minimum Gasteiger partial charge on any atom is -0.394 e. The third kappa shape index (κ3) is 2.63. The fourth-order valence-corrected chi connectivity index (χ4v) is 0.977. The van der Waals surface area contributed by atoms with Crippen LogP contribution in [0.2, 0.25) is 0 Å². The lowest BCUT2D eigenvalue weighted by molar-refractivity contribution is 0.271. The van der Waals surface area contributed by atoms with Crippen LogP contribution < -0.4 is 5.32 Å². The summed E-state index contributed by atoms with van der Waals surface area (Å²) >= 11 is 0. The van der Waals surface area contributed by atoms with Crippen LogP contribution in [-0.4, -0.2) is 32.9 Å². The van der Waals surface area contributed by atoms with Crippen LogP contribution in [0, 0.1) is 13.8 Å². The van der Waals surface area contributed by atoms with Crippen LogP contribution in [0.15, 0.2) is 0 Å². The van der Waals surface area contributed by atoms with E-state index >= 15 is 0 Å². The van der Waals surface area contributed by atoms with Crippen LogP contribution in [0.4, 0.5) is 5.95 Å². The van der Waals surface area contributed by atoms with Gasteiger partial charge in [-0.05, 0) is 20.3 Å². The van der Waals surface area contributed by atoms with Gasteiger partial charge < -0.3 is 10.4 Å². The Labute approximate surface area is 83.6 Å². The maximum absolute atomic E-state index is 8.97. The lowest BCUT2D eigenvalue weighted by Gasteiger charge is -2.13. The van der Waals surface area contributed by atoms with E-state index in [1.165, 1.54) is 0 Å². The SMILES string of the molecule is CCC(CO)Nc1nnc(C)c(C)n1. The minimum absolute atomic E-state index is 0.00101. The number of hydrogen-bond donors (Lipinski definition) is 2. The first kappa shape index (κ1) is 10.8. The van der Waals surface area contributed by atoms with Crippen molar-refractivity contribution in [3.8, 4) is 0 Å². The Bertz CT molecular complexity index is 299. The Hall–Kier alpha value is -1.23. The van der Waals surface area contributed by atoms with Crippen LogP contribution in [0.5, 0.6) is 0 Å². The highest BCUT2D eigenvalue weighted by atomic mass is 16.3. The van der Waals surface area contributed by atoms with Crippen molar-refractivity contribution in [1.29, 1.82) is 0 Å². The zero-order valence-electron chi connectivity index (χ0n) is 8.78. The van der Waals surface area contributed by atoms with E-state index < -0.39 is 0 Å². The van der Waals surface area contributed by atoms with Gasteiger partial charge in [-0.25, -0.2) is 4.98 Å². The van der Waals surface area contributed by atoms with Crippen molar-refractivity contribution in [1.82, 2.24) is 15.2 Å². The molecule has 1 heterocycles. The maximum atomic E-state index is 8.97. The summed E-state index contributed by atoms with van der Waals surface area (Å²) in [5.41, 5.74) is 1.68. The van der Waals surface area contributed by atoms with Gasteiger partial charge in [0.2, 0.25) is 5.95 Å². The molecule has 5 nitrogen and oxygen atoms in total. The molecule has 5 heteroatoms. The number of hydrogen-bond acceptors (Lipinski definition) is 5. The molecule has 0 fully saturated rings. The molecule has 1 aromatic rings. The van der Waals surface area contributed by atoms with Crippen LogP contribution in [0.1, 0.15) is 24.7 Å². The standard InChI is InChI=1S/C9H16N4O/c1-4-8(5-14)11-9-10-6(2)7(3)12-13-9/h8,14H,4-5H2,1-3H3,(H,10,11,13). The van der Waals surface area contributed by atoms with Gasteiger partial charge in [-0.15, -0.1) is 5.10 Å². The average Bonchev–Trinajstić information content (AvgIpc) is 2.19. The highest BCUT2D eigenvalue weighted by Gasteiger charge is 2.07. The second-order valence-electron chi connectivity index (χ2n) is 3.24. The lowest BCUT2D eigenvalue weighted by atomic mass is 10.2. The van der Waals surface area contributed by atoms with Gasteiger partial charge in [0, 0.05) is 0 Å². The first-order valence-electron chi connectivity index (χ1n) is 4.72. The Morgan fingerprint density at radius 3 is 2.50 bits per heavy atom. The number of aliphatic hydroxyl groups is 1. The van der Waals surface area contributed by atoms with E-state index in [-0.39, 0.29) is 12.6 Å². The molecule has 2 N–H and O–H groups in total. The predicted molar refractivity (Wildman–Crippen MR) is 54.1 cm³/mol. The molecular formula is C9H16N4O. The molecule has 0 aromatic carbocycles. The molecule has 1 atom stereocenters. The molecule has 0 aliphatic rings. The molecule has 78 valence electrons. The topological polar surface area (TPSA) is 70.9 Å². The summed E-state index contributed by atoms with van der Waals surface area (Å²) < 4.78 is 0. The van der Waals surface area contributed by atoms with E-state index in [2.05, 4.69) is 20.5 Å². The average molecular weight is 196 g/mol. The normalized spacial score (nSPS) is 12.6. The molecule has 0 spiro atoms. The second kappa shape index (κ2) is 4.85. The molecule has 0 aliphatic heterocycles. The summed E-state index contributed by atoms with van der Waals surface area (Å²) in [6.07, 6.45) is 0.826. The first-order chi connectivity index (χ1) is 6.67. The molecule has 1 aromatic heterocycles. The summed E-state index contributed by atoms with van der Waals surface area (Å²) in [6.45, 7) is 5.81. The number of nitrogens with one attached hydrogen (secondary N) is 1. The van der Waals surface area contributed by atoms with Crippen molar-refractivity contribution in [3.63, 3.8) is 0 Å². The molecule has 14 heavy (non-hydrogen) atoms. The largest absolute Gasteiger partial charge is 0.394 e. The van der Waals surface area contributed by atoms with Crippen LogP contribution >= 0.6 is 0 Å². The summed E-state index contributed by atoms with van der Waals surface area (Å²) in [5.74, 6) is 0.481. The van der Waals surface area contributed by atoms with Crippen LogP contribution in [-0.2, 0) is 0 Å². The van der Waals surface area contributed by atoms with E-state index in [9.17, 15) is 0 Å². The summed E-state index contributed by atoms with van der Waals surface area (Å²) in [4.78, 5) is 4.21. The van der Waals surface area contributed by atoms with E-state index in [4.69, 9.17) is 5.11 Å². The van der Waals surface area contributed by atoms with Gasteiger partial charge in [0.1, 0.15) is 0 Å². The Morgan fingerprint density at radius 2 is 2.00 bits per heavy atom. The number of aryl methyl sites for hydroxylation is 2. The predicted octanol–water partition coefficient (Wildman–Crippen LogP) is 0.671. The van der Waals surface area contributed by atoms with E-state index in [0.717, 1.165) is 17.8 Å². The zero-order valence-corrected chi connectivity index (χ0v) is 8.78. The quantitative estimate of drug-likeness (QED) is 0.740. The number of rotatable bonds is 4. The third-order valence-corrected chi connectivity index (χ3v) is 2.14. The molecule has 0 saturated heterocycles.